The van der Waals surface area contributed by atoms with Gasteiger partial charge in [-0.2, -0.15) is 5.26 Å². The Morgan fingerprint density at radius 2 is 1.15 bits per heavy atom. The predicted molar refractivity (Wildman–Crippen MR) is 193 cm³/mol. The molecule has 48 heavy (non-hydrogen) atoms. The maximum atomic E-state index is 9.43. The van der Waals surface area contributed by atoms with Gasteiger partial charge in [0.25, 0.3) is 0 Å². The van der Waals surface area contributed by atoms with Crippen LogP contribution in [-0.2, 0) is 10.8 Å². The predicted octanol–water partition coefficient (Wildman–Crippen LogP) is 9.53. The molecule has 230 valence electrons. The quantitative estimate of drug-likeness (QED) is 0.208. The number of benzene rings is 6. The minimum absolute atomic E-state index is 0.000521. The number of nitriles is 1. The van der Waals surface area contributed by atoms with Crippen LogP contribution in [0.1, 0.15) is 81.7 Å². The standard InChI is InChI=1S/C45H35N3/c1-44(2)36-16-8-10-18-38(36)45(39-19-11-9-17-37(39)44)35-15-7-6-14-33(35)34-25-24-32(26-40(34)45)42-27-41(30-12-4-3-5-13-30)47-43(48-42)31-22-20-29(28-46)21-23-31/h3-27,41,43,47-48H,1-2H3. The van der Waals surface area contributed by atoms with E-state index in [-0.39, 0.29) is 17.6 Å². The zero-order chi connectivity index (χ0) is 32.5. The monoisotopic (exact) mass is 617 g/mol. The molecule has 0 bridgehead atoms. The number of hydrogen-bond donors (Lipinski definition) is 2. The van der Waals surface area contributed by atoms with E-state index < -0.39 is 5.41 Å². The van der Waals surface area contributed by atoms with Crippen LogP contribution in [0.4, 0.5) is 0 Å². The normalized spacial score (nSPS) is 19.1. The lowest BCUT2D eigenvalue weighted by molar-refractivity contribution is 0.442. The molecule has 1 heterocycles. The van der Waals surface area contributed by atoms with Gasteiger partial charge in [0.1, 0.15) is 6.17 Å². The molecule has 0 fully saturated rings. The van der Waals surface area contributed by atoms with Crippen molar-refractivity contribution in [2.75, 3.05) is 0 Å². The summed E-state index contributed by atoms with van der Waals surface area (Å²) < 4.78 is 0. The molecule has 3 aliphatic rings. The SMILES string of the molecule is CC1(C)c2ccccc2C2(c3ccccc3-c3ccc(C4=CC(c5ccccc5)NC(c5ccc(C#N)cc5)N4)cc32)c2ccccc21. The van der Waals surface area contributed by atoms with Crippen molar-refractivity contribution in [2.24, 2.45) is 0 Å². The number of rotatable bonds is 3. The van der Waals surface area contributed by atoms with Crippen LogP contribution < -0.4 is 10.6 Å². The topological polar surface area (TPSA) is 47.9 Å². The van der Waals surface area contributed by atoms with E-state index in [4.69, 9.17) is 0 Å². The highest BCUT2D eigenvalue weighted by Gasteiger charge is 2.53. The number of nitrogens with zero attached hydrogens (tertiary/aromatic N) is 1. The summed E-state index contributed by atoms with van der Waals surface area (Å²) in [5.41, 5.74) is 15.3. The Kier molecular flexibility index (Phi) is 6.34. The fourth-order valence-corrected chi connectivity index (χ4v) is 8.63. The largest absolute Gasteiger partial charge is 0.366 e. The molecular formula is C45H35N3. The first-order chi connectivity index (χ1) is 23.5. The van der Waals surface area contributed by atoms with Crippen molar-refractivity contribution in [1.29, 1.82) is 5.26 Å². The average molecular weight is 618 g/mol. The summed E-state index contributed by atoms with van der Waals surface area (Å²) in [4.78, 5) is 0. The van der Waals surface area contributed by atoms with Gasteiger partial charge in [0.2, 0.25) is 0 Å². The highest BCUT2D eigenvalue weighted by molar-refractivity contribution is 5.89. The first-order valence-corrected chi connectivity index (χ1v) is 16.7. The van der Waals surface area contributed by atoms with Gasteiger partial charge < -0.3 is 5.32 Å². The highest BCUT2D eigenvalue weighted by Crippen LogP contribution is 2.62. The molecule has 3 nitrogen and oxygen atoms in total. The van der Waals surface area contributed by atoms with E-state index in [2.05, 4.69) is 158 Å². The van der Waals surface area contributed by atoms with Gasteiger partial charge in [0.05, 0.1) is 23.1 Å². The van der Waals surface area contributed by atoms with E-state index in [1.807, 2.05) is 24.3 Å². The molecular weight excluding hydrogens is 583 g/mol. The lowest BCUT2D eigenvalue weighted by Gasteiger charge is -2.46. The second-order valence-corrected chi connectivity index (χ2v) is 13.7. The smallest absolute Gasteiger partial charge is 0.104 e. The van der Waals surface area contributed by atoms with E-state index in [0.717, 1.165) is 16.8 Å². The number of hydrogen-bond acceptors (Lipinski definition) is 3. The first kappa shape index (κ1) is 28.5. The third kappa shape index (κ3) is 4.03. The fraction of sp³-hybridized carbons (Fsp3) is 0.133. The van der Waals surface area contributed by atoms with Crippen LogP contribution in [-0.4, -0.2) is 0 Å². The van der Waals surface area contributed by atoms with Gasteiger partial charge in [-0.1, -0.05) is 141 Å². The Balaban J connectivity index is 1.27. The number of nitrogens with one attached hydrogen (secondary N) is 2. The van der Waals surface area contributed by atoms with Gasteiger partial charge in [-0.05, 0) is 85.5 Å². The molecule has 6 aromatic carbocycles. The van der Waals surface area contributed by atoms with Gasteiger partial charge in [0, 0.05) is 11.1 Å². The third-order valence-electron chi connectivity index (χ3n) is 10.9. The van der Waals surface area contributed by atoms with Crippen molar-refractivity contribution < 1.29 is 0 Å². The summed E-state index contributed by atoms with van der Waals surface area (Å²) in [5.74, 6) is 0. The Hall–Kier alpha value is -5.69. The summed E-state index contributed by atoms with van der Waals surface area (Å²) in [6.07, 6.45) is 2.18. The van der Waals surface area contributed by atoms with E-state index in [0.29, 0.717) is 5.56 Å². The van der Waals surface area contributed by atoms with Crippen molar-refractivity contribution in [3.8, 4) is 17.2 Å². The zero-order valence-electron chi connectivity index (χ0n) is 27.0. The maximum absolute atomic E-state index is 9.43. The van der Waals surface area contributed by atoms with Gasteiger partial charge in [-0.15, -0.1) is 0 Å². The van der Waals surface area contributed by atoms with E-state index in [1.165, 1.54) is 50.1 Å². The molecule has 0 radical (unpaired) electrons. The molecule has 0 saturated heterocycles. The Bertz CT molecular complexity index is 2240. The molecule has 0 amide bonds. The van der Waals surface area contributed by atoms with Crippen LogP contribution in [0.3, 0.4) is 0 Å². The van der Waals surface area contributed by atoms with Crippen LogP contribution in [0.15, 0.2) is 152 Å². The summed E-state index contributed by atoms with van der Waals surface area (Å²) in [6.45, 7) is 4.74. The lowest BCUT2D eigenvalue weighted by atomic mass is 9.55. The molecule has 1 spiro atoms. The van der Waals surface area contributed by atoms with Crippen molar-refractivity contribution >= 4 is 5.70 Å². The minimum Gasteiger partial charge on any atom is -0.366 e. The summed E-state index contributed by atoms with van der Waals surface area (Å²) in [5, 5.41) is 17.1. The average Bonchev–Trinajstić information content (AvgIpc) is 3.44. The first-order valence-electron chi connectivity index (χ1n) is 16.7. The maximum Gasteiger partial charge on any atom is 0.104 e. The van der Waals surface area contributed by atoms with Crippen LogP contribution in [0.25, 0.3) is 16.8 Å². The van der Waals surface area contributed by atoms with Gasteiger partial charge in [0.15, 0.2) is 0 Å². The van der Waals surface area contributed by atoms with Gasteiger partial charge in [-0.25, -0.2) is 0 Å². The highest BCUT2D eigenvalue weighted by atomic mass is 15.2. The van der Waals surface area contributed by atoms with Crippen LogP contribution in [0, 0.1) is 11.3 Å². The molecule has 2 atom stereocenters. The van der Waals surface area contributed by atoms with Crippen molar-refractivity contribution in [2.45, 2.75) is 36.9 Å². The van der Waals surface area contributed by atoms with Crippen molar-refractivity contribution in [3.05, 3.63) is 207 Å². The fourth-order valence-electron chi connectivity index (χ4n) is 8.63. The van der Waals surface area contributed by atoms with E-state index in [1.54, 1.807) is 0 Å². The molecule has 6 aromatic rings. The zero-order valence-corrected chi connectivity index (χ0v) is 27.0. The Labute approximate surface area is 282 Å². The van der Waals surface area contributed by atoms with E-state index in [9.17, 15) is 5.26 Å². The Morgan fingerprint density at radius 3 is 1.81 bits per heavy atom. The molecule has 1 aliphatic heterocycles. The summed E-state index contributed by atoms with van der Waals surface area (Å²) >= 11 is 0. The minimum atomic E-state index is -0.441. The summed E-state index contributed by atoms with van der Waals surface area (Å²) in [6, 6.07) is 55.0. The molecule has 0 saturated carbocycles. The molecule has 0 aromatic heterocycles. The molecule has 3 heteroatoms. The van der Waals surface area contributed by atoms with E-state index >= 15 is 0 Å². The van der Waals surface area contributed by atoms with Crippen LogP contribution in [0.5, 0.6) is 0 Å². The molecule has 2 unspecified atom stereocenters. The molecule has 9 rings (SSSR count). The lowest BCUT2D eigenvalue weighted by Crippen LogP contribution is -2.41. The number of fused-ring (bicyclic) bond motifs is 9. The Morgan fingerprint density at radius 1 is 0.562 bits per heavy atom. The van der Waals surface area contributed by atoms with Crippen molar-refractivity contribution in [3.63, 3.8) is 0 Å². The van der Waals surface area contributed by atoms with Gasteiger partial charge in [-0.3, -0.25) is 5.32 Å². The molecule has 2 N–H and O–H groups in total. The van der Waals surface area contributed by atoms with Gasteiger partial charge >= 0.3 is 0 Å². The van der Waals surface area contributed by atoms with Crippen LogP contribution in [0.2, 0.25) is 0 Å². The molecule has 2 aliphatic carbocycles. The van der Waals surface area contributed by atoms with Crippen molar-refractivity contribution in [1.82, 2.24) is 10.6 Å². The second-order valence-electron chi connectivity index (χ2n) is 13.7. The third-order valence-corrected chi connectivity index (χ3v) is 10.9. The summed E-state index contributed by atoms with van der Waals surface area (Å²) in [7, 11) is 0. The second kappa shape index (κ2) is 10.7. The van der Waals surface area contributed by atoms with Crippen LogP contribution >= 0.6 is 0 Å².